The third kappa shape index (κ3) is 3.59. The molecule has 1 aromatic rings. The smallest absolute Gasteiger partial charge is 0.117 e. The van der Waals surface area contributed by atoms with E-state index in [9.17, 15) is 5.11 Å². The fraction of sp³-hybridized carbons (Fsp3) is 0.765. The van der Waals surface area contributed by atoms with Crippen molar-refractivity contribution in [3.05, 3.63) is 35.9 Å². The Kier molecular flexibility index (Phi) is 6.17. The van der Waals surface area contributed by atoms with E-state index in [0.717, 1.165) is 30.3 Å². The molecule has 0 amide bonds. The van der Waals surface area contributed by atoms with Gasteiger partial charge in [-0.25, -0.2) is 0 Å². The fourth-order valence-electron chi connectivity index (χ4n) is 10.8. The Labute approximate surface area is 220 Å². The van der Waals surface area contributed by atoms with Crippen molar-refractivity contribution < 1.29 is 9.84 Å². The summed E-state index contributed by atoms with van der Waals surface area (Å²) in [5.74, 6) is 10.9. The Balaban J connectivity index is 1.25. The van der Waals surface area contributed by atoms with E-state index in [1.165, 1.54) is 56.9 Å². The molecule has 6 rings (SSSR count). The summed E-state index contributed by atoms with van der Waals surface area (Å²) >= 11 is 0. The van der Waals surface area contributed by atoms with E-state index in [0.29, 0.717) is 34.2 Å². The number of hydrogen-bond donors (Lipinski definition) is 1. The molecule has 0 radical (unpaired) electrons. The molecule has 36 heavy (non-hydrogen) atoms. The van der Waals surface area contributed by atoms with Crippen molar-refractivity contribution in [2.24, 2.45) is 57.7 Å². The number of rotatable bonds is 5. The normalized spacial score (nSPS) is 46.1. The summed E-state index contributed by atoms with van der Waals surface area (Å²) in [6.07, 6.45) is 10.7. The minimum absolute atomic E-state index is 0.248. The van der Waals surface area contributed by atoms with Gasteiger partial charge in [-0.1, -0.05) is 76.8 Å². The minimum atomic E-state index is -0.498. The minimum Gasteiger partial charge on any atom is -0.380 e. The van der Waals surface area contributed by atoms with E-state index in [2.05, 4.69) is 76.8 Å². The first-order valence-electron chi connectivity index (χ1n) is 15.1. The second-order valence-electron chi connectivity index (χ2n) is 14.3. The molecule has 0 bridgehead atoms. The maximum Gasteiger partial charge on any atom is 0.117 e. The van der Waals surface area contributed by atoms with Crippen LogP contribution in [0, 0.1) is 69.5 Å². The molecule has 0 heterocycles. The van der Waals surface area contributed by atoms with E-state index >= 15 is 0 Å². The third-order valence-electron chi connectivity index (χ3n) is 12.6. The van der Waals surface area contributed by atoms with Gasteiger partial charge >= 0.3 is 0 Å². The average molecular weight is 489 g/mol. The van der Waals surface area contributed by atoms with Gasteiger partial charge in [-0.3, -0.25) is 0 Å². The van der Waals surface area contributed by atoms with Gasteiger partial charge in [0.05, 0.1) is 12.7 Å². The fourth-order valence-corrected chi connectivity index (χ4v) is 10.8. The molecule has 196 valence electrons. The number of aliphatic hydroxyl groups excluding tert-OH is 1. The zero-order valence-corrected chi connectivity index (χ0v) is 23.3. The van der Waals surface area contributed by atoms with Crippen molar-refractivity contribution in [3.63, 3.8) is 0 Å². The summed E-state index contributed by atoms with van der Waals surface area (Å²) in [7, 11) is 0. The maximum atomic E-state index is 11.0. The molecule has 5 fully saturated rings. The first kappa shape index (κ1) is 25.0. The largest absolute Gasteiger partial charge is 0.380 e. The van der Waals surface area contributed by atoms with Gasteiger partial charge in [0, 0.05) is 11.3 Å². The van der Waals surface area contributed by atoms with Crippen LogP contribution in [-0.2, 0) is 11.3 Å². The van der Waals surface area contributed by atoms with Crippen molar-refractivity contribution >= 4 is 0 Å². The van der Waals surface area contributed by atoms with E-state index in [1.807, 2.05) is 0 Å². The van der Waals surface area contributed by atoms with Crippen molar-refractivity contribution in [1.29, 1.82) is 0 Å². The molecule has 2 nitrogen and oxygen atoms in total. The van der Waals surface area contributed by atoms with Crippen LogP contribution < -0.4 is 0 Å². The lowest BCUT2D eigenvalue weighted by Gasteiger charge is -2.61. The monoisotopic (exact) mass is 488 g/mol. The Morgan fingerprint density at radius 1 is 0.972 bits per heavy atom. The van der Waals surface area contributed by atoms with E-state index in [4.69, 9.17) is 4.74 Å². The summed E-state index contributed by atoms with van der Waals surface area (Å²) < 4.78 is 6.93. The lowest BCUT2D eigenvalue weighted by Crippen LogP contribution is -2.57. The first-order valence-corrected chi connectivity index (χ1v) is 15.1. The van der Waals surface area contributed by atoms with Crippen LogP contribution in [0.2, 0.25) is 0 Å². The molecular weight excluding hydrogens is 440 g/mol. The number of aliphatic hydroxyl groups is 1. The lowest BCUT2D eigenvalue weighted by atomic mass is 9.45. The summed E-state index contributed by atoms with van der Waals surface area (Å²) in [5, 5.41) is 11.0. The Bertz CT molecular complexity index is 1020. The van der Waals surface area contributed by atoms with Crippen LogP contribution in [0.15, 0.2) is 30.3 Å². The molecule has 5 aliphatic carbocycles. The van der Waals surface area contributed by atoms with E-state index in [1.54, 1.807) is 0 Å². The van der Waals surface area contributed by atoms with E-state index in [-0.39, 0.29) is 5.92 Å². The standard InChI is InChI=1S/C34H48O2/c1-22(2)11-14-30(35)23(3)27-12-13-28-26-19-31(36-21-24-9-7-6-8-10-24)34-20-25(34)15-18-33(34,5)29(26)16-17-32(27,28)4/h6-10,22-23,25-31,35H,12-13,15-21H2,1-5H3/t23-,25-,26-,27+,28-,29-,30+,31+,32+,33+,34-/m0/s1. The second kappa shape index (κ2) is 8.88. The molecule has 0 aromatic heterocycles. The number of fused-ring (bicyclic) bond motifs is 4. The summed E-state index contributed by atoms with van der Waals surface area (Å²) in [6, 6.07) is 10.8. The summed E-state index contributed by atoms with van der Waals surface area (Å²) in [4.78, 5) is 0. The van der Waals surface area contributed by atoms with Gasteiger partial charge < -0.3 is 9.84 Å². The number of benzene rings is 1. The highest BCUT2D eigenvalue weighted by Gasteiger charge is 2.77. The van der Waals surface area contributed by atoms with Gasteiger partial charge in [-0.2, -0.15) is 0 Å². The highest BCUT2D eigenvalue weighted by Crippen LogP contribution is 2.82. The average Bonchev–Trinajstić information content (AvgIpc) is 3.38. The van der Waals surface area contributed by atoms with Crippen molar-refractivity contribution in [2.75, 3.05) is 0 Å². The third-order valence-corrected chi connectivity index (χ3v) is 12.6. The molecule has 5 saturated carbocycles. The number of ether oxygens (including phenoxy) is 1. The topological polar surface area (TPSA) is 29.5 Å². The van der Waals surface area contributed by atoms with Crippen molar-refractivity contribution in [2.45, 2.75) is 105 Å². The van der Waals surface area contributed by atoms with Crippen LogP contribution in [-0.4, -0.2) is 17.3 Å². The highest BCUT2D eigenvalue weighted by atomic mass is 16.5. The van der Waals surface area contributed by atoms with Gasteiger partial charge in [0.2, 0.25) is 0 Å². The van der Waals surface area contributed by atoms with Crippen molar-refractivity contribution in [3.8, 4) is 11.8 Å². The molecular formula is C34H48O2. The lowest BCUT2D eigenvalue weighted by molar-refractivity contribution is -0.173. The molecule has 5 aliphatic rings. The van der Waals surface area contributed by atoms with Gasteiger partial charge in [-0.15, -0.1) is 0 Å². The zero-order chi connectivity index (χ0) is 25.3. The zero-order valence-electron chi connectivity index (χ0n) is 23.3. The maximum absolute atomic E-state index is 11.0. The number of hydrogen-bond acceptors (Lipinski definition) is 2. The van der Waals surface area contributed by atoms with Crippen LogP contribution in [0.3, 0.4) is 0 Å². The molecule has 0 aliphatic heterocycles. The Morgan fingerprint density at radius 3 is 2.47 bits per heavy atom. The van der Waals surface area contributed by atoms with Gasteiger partial charge in [0.25, 0.3) is 0 Å². The van der Waals surface area contributed by atoms with Gasteiger partial charge in [-0.05, 0) is 103 Å². The van der Waals surface area contributed by atoms with Crippen LogP contribution in [0.5, 0.6) is 0 Å². The Hall–Kier alpha value is -1.30. The van der Waals surface area contributed by atoms with Crippen molar-refractivity contribution in [1.82, 2.24) is 0 Å². The SMILES string of the molecule is CC(C)C#C[C@@H](O)[C@@H](C)[C@H]1CC[C@H]2[C@@H]3C[C@@H](OCc4ccccc4)[C@]45C[C@@H]4CC[C@]5(C)[C@H]3CC[C@]12C. The molecule has 1 spiro atoms. The highest BCUT2D eigenvalue weighted by molar-refractivity contribution is 5.26. The van der Waals surface area contributed by atoms with Gasteiger partial charge in [0.1, 0.15) is 6.10 Å². The predicted octanol–water partition coefficient (Wildman–Crippen LogP) is 7.50. The van der Waals surface area contributed by atoms with E-state index < -0.39 is 6.10 Å². The molecule has 2 heteroatoms. The van der Waals surface area contributed by atoms with Crippen LogP contribution in [0.1, 0.15) is 91.5 Å². The quantitative estimate of drug-likeness (QED) is 0.435. The summed E-state index contributed by atoms with van der Waals surface area (Å²) in [6.45, 7) is 12.5. The first-order chi connectivity index (χ1) is 17.2. The predicted molar refractivity (Wildman–Crippen MR) is 146 cm³/mol. The molecule has 1 aromatic carbocycles. The van der Waals surface area contributed by atoms with Gasteiger partial charge in [0.15, 0.2) is 0 Å². The van der Waals surface area contributed by atoms with Crippen LogP contribution >= 0.6 is 0 Å². The molecule has 0 saturated heterocycles. The second-order valence-corrected chi connectivity index (χ2v) is 14.3. The summed E-state index contributed by atoms with van der Waals surface area (Å²) in [5.41, 5.74) is 2.54. The molecule has 0 unspecified atom stereocenters. The van der Waals surface area contributed by atoms with Crippen LogP contribution in [0.25, 0.3) is 0 Å². The molecule has 11 atom stereocenters. The van der Waals surface area contributed by atoms with Crippen LogP contribution in [0.4, 0.5) is 0 Å². The Morgan fingerprint density at radius 2 is 1.75 bits per heavy atom. The molecule has 1 N–H and O–H groups in total.